The normalized spacial score (nSPS) is 10.7. The molecule has 2 heterocycles. The molecular weight excluding hydrogens is 226 g/mol. The summed E-state index contributed by atoms with van der Waals surface area (Å²) in [4.78, 5) is 10.6. The molecule has 2 aromatic heterocycles. The molecule has 18 heavy (non-hydrogen) atoms. The van der Waals surface area contributed by atoms with Crippen LogP contribution in [0.4, 0.5) is 0 Å². The average Bonchev–Trinajstić information content (AvgIpc) is 2.80. The number of pyridine rings is 1. The first-order chi connectivity index (χ1) is 8.90. The molecule has 0 atom stereocenters. The van der Waals surface area contributed by atoms with Crippen molar-refractivity contribution in [1.82, 2.24) is 9.61 Å². The second-order valence-electron chi connectivity index (χ2n) is 4.01. The van der Waals surface area contributed by atoms with E-state index in [1.165, 1.54) is 0 Å². The van der Waals surface area contributed by atoms with Crippen molar-refractivity contribution in [3.05, 3.63) is 65.2 Å². The highest BCUT2D eigenvalue weighted by Gasteiger charge is 2.13. The van der Waals surface area contributed by atoms with Crippen LogP contribution < -0.4 is 0 Å². The van der Waals surface area contributed by atoms with E-state index >= 15 is 0 Å². The smallest absolute Gasteiger partial charge is 0.110 e. The Morgan fingerprint density at radius 1 is 1.06 bits per heavy atom. The summed E-state index contributed by atoms with van der Waals surface area (Å²) in [5.74, 6) is 0. The molecule has 0 bridgehead atoms. The van der Waals surface area contributed by atoms with Crippen molar-refractivity contribution in [3.8, 4) is 11.3 Å². The maximum atomic E-state index is 10.6. The van der Waals surface area contributed by atoms with Crippen LogP contribution in [0, 0.1) is 4.91 Å². The van der Waals surface area contributed by atoms with Crippen molar-refractivity contribution >= 4 is 5.52 Å². The highest BCUT2D eigenvalue weighted by Crippen LogP contribution is 2.26. The van der Waals surface area contributed by atoms with E-state index in [4.69, 9.17) is 0 Å². The summed E-state index contributed by atoms with van der Waals surface area (Å²) in [6.45, 7) is 0.137. The van der Waals surface area contributed by atoms with E-state index in [0.717, 1.165) is 22.3 Å². The largest absolute Gasteiger partial charge is 0.240 e. The third-order valence-electron chi connectivity index (χ3n) is 2.91. The Kier molecular flexibility index (Phi) is 2.61. The molecule has 1 aromatic carbocycles. The van der Waals surface area contributed by atoms with Crippen molar-refractivity contribution in [3.63, 3.8) is 0 Å². The highest BCUT2D eigenvalue weighted by atomic mass is 16.3. The van der Waals surface area contributed by atoms with Gasteiger partial charge in [0.2, 0.25) is 0 Å². The zero-order chi connectivity index (χ0) is 12.4. The minimum Gasteiger partial charge on any atom is -0.240 e. The minimum absolute atomic E-state index is 0.137. The van der Waals surface area contributed by atoms with E-state index in [9.17, 15) is 4.91 Å². The van der Waals surface area contributed by atoms with Crippen molar-refractivity contribution in [2.45, 2.75) is 6.54 Å². The topological polar surface area (TPSA) is 46.7 Å². The molecule has 88 valence electrons. The zero-order valence-corrected chi connectivity index (χ0v) is 9.65. The first-order valence-electron chi connectivity index (χ1n) is 5.71. The van der Waals surface area contributed by atoms with Gasteiger partial charge in [-0.25, -0.2) is 4.52 Å². The van der Waals surface area contributed by atoms with E-state index in [1.54, 1.807) is 4.52 Å². The fraction of sp³-hybridized carbons (Fsp3) is 0.0714. The Morgan fingerprint density at radius 2 is 1.83 bits per heavy atom. The number of hydrogen-bond acceptors (Lipinski definition) is 3. The van der Waals surface area contributed by atoms with Gasteiger partial charge in [0.15, 0.2) is 0 Å². The molecule has 0 aliphatic carbocycles. The first-order valence-corrected chi connectivity index (χ1v) is 5.71. The molecular formula is C14H11N3O. The van der Waals surface area contributed by atoms with Crippen molar-refractivity contribution in [2.24, 2.45) is 5.18 Å². The Hall–Kier alpha value is -2.49. The van der Waals surface area contributed by atoms with Crippen LogP contribution >= 0.6 is 0 Å². The number of nitroso groups, excluding NO2 is 1. The lowest BCUT2D eigenvalue weighted by Gasteiger charge is -1.98. The van der Waals surface area contributed by atoms with Crippen LogP contribution in [0.15, 0.2) is 59.9 Å². The molecule has 3 aromatic rings. The highest BCUT2D eigenvalue weighted by molar-refractivity contribution is 5.72. The number of hydrogen-bond donors (Lipinski definition) is 0. The van der Waals surface area contributed by atoms with Gasteiger partial charge in [-0.1, -0.05) is 41.6 Å². The number of fused-ring (bicyclic) bond motifs is 1. The maximum Gasteiger partial charge on any atom is 0.110 e. The molecule has 0 spiro atoms. The molecule has 0 N–H and O–H groups in total. The Labute approximate surface area is 104 Å². The number of nitrogens with zero attached hydrogens (tertiary/aromatic N) is 3. The van der Waals surface area contributed by atoms with E-state index in [0.29, 0.717) is 0 Å². The summed E-state index contributed by atoms with van der Waals surface area (Å²) in [6, 6.07) is 15.6. The van der Waals surface area contributed by atoms with Crippen LogP contribution in [0.2, 0.25) is 0 Å². The van der Waals surface area contributed by atoms with Crippen molar-refractivity contribution in [2.75, 3.05) is 0 Å². The Balaban J connectivity index is 2.28. The molecule has 0 radical (unpaired) electrons. The molecule has 3 rings (SSSR count). The molecule has 0 saturated carbocycles. The van der Waals surface area contributed by atoms with Crippen LogP contribution in [0.1, 0.15) is 5.56 Å². The van der Waals surface area contributed by atoms with Gasteiger partial charge >= 0.3 is 0 Å². The van der Waals surface area contributed by atoms with Gasteiger partial charge in [-0.2, -0.15) is 10.0 Å². The van der Waals surface area contributed by atoms with E-state index in [1.807, 2.05) is 54.7 Å². The predicted octanol–water partition coefficient (Wildman–Crippen LogP) is 3.27. The molecule has 4 heteroatoms. The molecule has 0 unspecified atom stereocenters. The lowest BCUT2D eigenvalue weighted by Crippen LogP contribution is -1.84. The summed E-state index contributed by atoms with van der Waals surface area (Å²) >= 11 is 0. The Morgan fingerprint density at radius 3 is 2.61 bits per heavy atom. The molecule has 0 saturated heterocycles. The monoisotopic (exact) mass is 237 g/mol. The summed E-state index contributed by atoms with van der Waals surface area (Å²) in [5, 5.41) is 7.53. The zero-order valence-electron chi connectivity index (χ0n) is 9.65. The second kappa shape index (κ2) is 4.41. The van der Waals surface area contributed by atoms with Crippen LogP contribution in [-0.4, -0.2) is 9.61 Å². The molecule has 0 amide bonds. The number of benzene rings is 1. The number of rotatable bonds is 3. The summed E-state index contributed by atoms with van der Waals surface area (Å²) < 4.78 is 1.78. The lowest BCUT2D eigenvalue weighted by molar-refractivity contribution is 0.966. The van der Waals surface area contributed by atoms with Crippen LogP contribution in [0.5, 0.6) is 0 Å². The predicted molar refractivity (Wildman–Crippen MR) is 70.1 cm³/mol. The van der Waals surface area contributed by atoms with Gasteiger partial charge in [-0.3, -0.25) is 0 Å². The van der Waals surface area contributed by atoms with Crippen LogP contribution in [-0.2, 0) is 6.54 Å². The van der Waals surface area contributed by atoms with Crippen LogP contribution in [0.25, 0.3) is 16.8 Å². The minimum atomic E-state index is 0.137. The first kappa shape index (κ1) is 10.7. The third-order valence-corrected chi connectivity index (χ3v) is 2.91. The number of aromatic nitrogens is 2. The lowest BCUT2D eigenvalue weighted by atomic mass is 10.1. The molecule has 4 nitrogen and oxygen atoms in total. The summed E-state index contributed by atoms with van der Waals surface area (Å²) in [6.07, 6.45) is 1.87. The average molecular weight is 237 g/mol. The van der Waals surface area contributed by atoms with E-state index in [-0.39, 0.29) is 6.54 Å². The summed E-state index contributed by atoms with van der Waals surface area (Å²) in [7, 11) is 0. The molecule has 0 fully saturated rings. The third kappa shape index (κ3) is 1.68. The summed E-state index contributed by atoms with van der Waals surface area (Å²) in [5.41, 5.74) is 3.62. The van der Waals surface area contributed by atoms with Crippen molar-refractivity contribution in [1.29, 1.82) is 0 Å². The van der Waals surface area contributed by atoms with E-state index < -0.39 is 0 Å². The van der Waals surface area contributed by atoms with Crippen molar-refractivity contribution < 1.29 is 0 Å². The van der Waals surface area contributed by atoms with Gasteiger partial charge < -0.3 is 0 Å². The second-order valence-corrected chi connectivity index (χ2v) is 4.01. The maximum absolute atomic E-state index is 10.6. The molecule has 0 aliphatic rings. The van der Waals surface area contributed by atoms with E-state index in [2.05, 4.69) is 10.3 Å². The van der Waals surface area contributed by atoms with Gasteiger partial charge in [0.1, 0.15) is 6.54 Å². The van der Waals surface area contributed by atoms with Gasteiger partial charge in [0, 0.05) is 17.3 Å². The van der Waals surface area contributed by atoms with Gasteiger partial charge in [0.05, 0.1) is 11.2 Å². The van der Waals surface area contributed by atoms with Gasteiger partial charge in [-0.05, 0) is 12.1 Å². The fourth-order valence-electron chi connectivity index (χ4n) is 2.10. The quantitative estimate of drug-likeness (QED) is 0.656. The standard InChI is InChI=1S/C14H11N3O/c18-15-10-12-13-8-4-5-9-17(13)16-14(12)11-6-2-1-3-7-11/h1-9H,10H2. The molecule has 0 aliphatic heterocycles. The Bertz CT molecular complexity index is 689. The fourth-order valence-corrected chi connectivity index (χ4v) is 2.10. The SMILES string of the molecule is O=NCc1c(-c2ccccc2)nn2ccccc12. The van der Waals surface area contributed by atoms with Gasteiger partial charge in [-0.15, -0.1) is 0 Å². The van der Waals surface area contributed by atoms with Gasteiger partial charge in [0.25, 0.3) is 0 Å². The van der Waals surface area contributed by atoms with Crippen LogP contribution in [0.3, 0.4) is 0 Å².